The van der Waals surface area contributed by atoms with Crippen molar-refractivity contribution >= 4 is 17.7 Å². The van der Waals surface area contributed by atoms with Crippen LogP contribution in [-0.2, 0) is 14.4 Å². The summed E-state index contributed by atoms with van der Waals surface area (Å²) in [6.45, 7) is 6.34. The molecule has 0 radical (unpaired) electrons. The van der Waals surface area contributed by atoms with Gasteiger partial charge in [-0.05, 0) is 24.3 Å². The summed E-state index contributed by atoms with van der Waals surface area (Å²) in [4.78, 5) is 40.7. The third-order valence-electron chi connectivity index (χ3n) is 4.81. The monoisotopic (exact) mass is 391 g/mol. The first-order valence-electron chi connectivity index (χ1n) is 9.46. The molecule has 0 N–H and O–H groups in total. The molecular weight excluding hydrogens is 362 g/mol. The molecule has 1 aliphatic heterocycles. The van der Waals surface area contributed by atoms with Crippen molar-refractivity contribution in [3.8, 4) is 11.5 Å². The van der Waals surface area contributed by atoms with Crippen molar-refractivity contribution in [2.45, 2.75) is 20.3 Å². The molecule has 0 atom stereocenters. The maximum atomic E-state index is 12.4. The van der Waals surface area contributed by atoms with Crippen molar-refractivity contribution in [1.29, 1.82) is 0 Å². The molecule has 1 aliphatic rings. The van der Waals surface area contributed by atoms with E-state index in [0.717, 1.165) is 5.75 Å². The maximum Gasteiger partial charge on any atom is 0.224 e. The van der Waals surface area contributed by atoms with Crippen molar-refractivity contribution < 1.29 is 23.9 Å². The molecule has 0 bridgehead atoms. The van der Waals surface area contributed by atoms with E-state index < -0.39 is 0 Å². The van der Waals surface area contributed by atoms with E-state index in [4.69, 9.17) is 9.47 Å². The predicted octanol–water partition coefficient (Wildman–Crippen LogP) is 1.00. The molecule has 1 heterocycles. The fourth-order valence-corrected chi connectivity index (χ4v) is 3.03. The van der Waals surface area contributed by atoms with Crippen LogP contribution < -0.4 is 9.47 Å². The normalized spacial score (nSPS) is 13.8. The van der Waals surface area contributed by atoms with E-state index in [2.05, 4.69) is 0 Å². The lowest BCUT2D eigenvalue weighted by atomic mass is 10.2. The van der Waals surface area contributed by atoms with Crippen LogP contribution in [0.25, 0.3) is 0 Å². The number of benzene rings is 1. The van der Waals surface area contributed by atoms with Gasteiger partial charge in [0.25, 0.3) is 0 Å². The standard InChI is InChI=1S/C20H29N3O5/c1-16(24)21(14-15-28-19-6-4-18(27-3)5-7-19)9-8-20(26)23-12-10-22(11-13-23)17(2)25/h4-7H,8-15H2,1-3H3. The van der Waals surface area contributed by atoms with E-state index in [1.54, 1.807) is 33.9 Å². The zero-order valence-electron chi connectivity index (χ0n) is 16.8. The van der Waals surface area contributed by atoms with E-state index in [1.165, 1.54) is 13.8 Å². The van der Waals surface area contributed by atoms with Crippen LogP contribution in [0.5, 0.6) is 11.5 Å². The van der Waals surface area contributed by atoms with Gasteiger partial charge in [-0.2, -0.15) is 0 Å². The second-order valence-electron chi connectivity index (χ2n) is 6.67. The van der Waals surface area contributed by atoms with Gasteiger partial charge in [-0.25, -0.2) is 0 Å². The Labute approximate surface area is 166 Å². The maximum absolute atomic E-state index is 12.4. The highest BCUT2D eigenvalue weighted by Crippen LogP contribution is 2.17. The van der Waals surface area contributed by atoms with Gasteiger partial charge in [-0.15, -0.1) is 0 Å². The minimum Gasteiger partial charge on any atom is -0.497 e. The molecule has 0 unspecified atom stereocenters. The SMILES string of the molecule is COc1ccc(OCCN(CCC(=O)N2CCN(C(C)=O)CC2)C(C)=O)cc1. The number of methoxy groups -OCH3 is 1. The average molecular weight is 391 g/mol. The van der Waals surface area contributed by atoms with Crippen LogP contribution in [-0.4, -0.2) is 85.4 Å². The number of carbonyl (C=O) groups is 3. The number of piperazine rings is 1. The molecule has 0 aliphatic carbocycles. The van der Waals surface area contributed by atoms with Gasteiger partial charge >= 0.3 is 0 Å². The van der Waals surface area contributed by atoms with Crippen LogP contribution in [0, 0.1) is 0 Å². The average Bonchev–Trinajstić information content (AvgIpc) is 2.70. The largest absolute Gasteiger partial charge is 0.497 e. The third kappa shape index (κ3) is 6.44. The molecule has 0 saturated carbocycles. The highest BCUT2D eigenvalue weighted by molar-refractivity contribution is 5.79. The predicted molar refractivity (Wildman–Crippen MR) is 104 cm³/mol. The molecule has 1 aromatic rings. The fraction of sp³-hybridized carbons (Fsp3) is 0.550. The smallest absolute Gasteiger partial charge is 0.224 e. The van der Waals surface area contributed by atoms with Crippen LogP contribution in [0.15, 0.2) is 24.3 Å². The van der Waals surface area contributed by atoms with Gasteiger partial charge in [0.1, 0.15) is 18.1 Å². The number of nitrogens with zero attached hydrogens (tertiary/aromatic N) is 3. The van der Waals surface area contributed by atoms with Gasteiger partial charge in [0.15, 0.2) is 0 Å². The van der Waals surface area contributed by atoms with Crippen LogP contribution in [0.2, 0.25) is 0 Å². The summed E-state index contributed by atoms with van der Waals surface area (Å²) >= 11 is 0. The summed E-state index contributed by atoms with van der Waals surface area (Å²) in [6.07, 6.45) is 0.266. The summed E-state index contributed by atoms with van der Waals surface area (Å²) in [5.74, 6) is 1.40. The number of hydrogen-bond donors (Lipinski definition) is 0. The Morgan fingerprint density at radius 2 is 1.50 bits per heavy atom. The van der Waals surface area contributed by atoms with Gasteiger partial charge in [0.2, 0.25) is 17.7 Å². The number of hydrogen-bond acceptors (Lipinski definition) is 5. The molecule has 154 valence electrons. The van der Waals surface area contributed by atoms with E-state index in [1.807, 2.05) is 12.1 Å². The molecule has 2 rings (SSSR count). The van der Waals surface area contributed by atoms with Crippen molar-refractivity contribution in [2.24, 2.45) is 0 Å². The molecule has 0 aromatic heterocycles. The summed E-state index contributed by atoms with van der Waals surface area (Å²) < 4.78 is 10.8. The van der Waals surface area contributed by atoms with Gasteiger partial charge in [0.05, 0.1) is 13.7 Å². The Bertz CT molecular complexity index is 669. The van der Waals surface area contributed by atoms with Gasteiger partial charge < -0.3 is 24.2 Å². The lowest BCUT2D eigenvalue weighted by molar-refractivity contribution is -0.139. The van der Waals surface area contributed by atoms with Crippen LogP contribution in [0.1, 0.15) is 20.3 Å². The van der Waals surface area contributed by atoms with E-state index in [9.17, 15) is 14.4 Å². The minimum atomic E-state index is -0.0903. The minimum absolute atomic E-state index is 0.00512. The zero-order chi connectivity index (χ0) is 20.5. The lowest BCUT2D eigenvalue weighted by Crippen LogP contribution is -2.50. The zero-order valence-corrected chi connectivity index (χ0v) is 16.8. The molecular formula is C20H29N3O5. The lowest BCUT2D eigenvalue weighted by Gasteiger charge is -2.34. The van der Waals surface area contributed by atoms with Crippen LogP contribution in [0.3, 0.4) is 0 Å². The number of rotatable bonds is 8. The number of amides is 3. The number of carbonyl (C=O) groups excluding carboxylic acids is 3. The van der Waals surface area contributed by atoms with Crippen LogP contribution >= 0.6 is 0 Å². The van der Waals surface area contributed by atoms with Crippen molar-refractivity contribution in [3.05, 3.63) is 24.3 Å². The first kappa shape index (κ1) is 21.5. The fourth-order valence-electron chi connectivity index (χ4n) is 3.03. The van der Waals surface area contributed by atoms with Gasteiger partial charge in [-0.1, -0.05) is 0 Å². The van der Waals surface area contributed by atoms with E-state index in [-0.39, 0.29) is 24.1 Å². The molecule has 28 heavy (non-hydrogen) atoms. The Hall–Kier alpha value is -2.77. The Morgan fingerprint density at radius 1 is 0.929 bits per heavy atom. The summed E-state index contributed by atoms with van der Waals surface area (Å²) in [6, 6.07) is 7.23. The summed E-state index contributed by atoms with van der Waals surface area (Å²) in [5.41, 5.74) is 0. The summed E-state index contributed by atoms with van der Waals surface area (Å²) in [7, 11) is 1.60. The van der Waals surface area contributed by atoms with Crippen molar-refractivity contribution in [3.63, 3.8) is 0 Å². The van der Waals surface area contributed by atoms with E-state index in [0.29, 0.717) is 51.6 Å². The molecule has 3 amide bonds. The van der Waals surface area contributed by atoms with Crippen LogP contribution in [0.4, 0.5) is 0 Å². The highest BCUT2D eigenvalue weighted by Gasteiger charge is 2.22. The molecule has 0 spiro atoms. The first-order valence-corrected chi connectivity index (χ1v) is 9.46. The van der Waals surface area contributed by atoms with Crippen molar-refractivity contribution in [2.75, 3.05) is 53.0 Å². The van der Waals surface area contributed by atoms with Gasteiger partial charge in [0, 0.05) is 53.0 Å². The van der Waals surface area contributed by atoms with E-state index >= 15 is 0 Å². The summed E-state index contributed by atoms with van der Waals surface area (Å²) in [5, 5.41) is 0. The highest BCUT2D eigenvalue weighted by atomic mass is 16.5. The molecule has 8 nitrogen and oxygen atoms in total. The number of ether oxygens (including phenoxy) is 2. The molecule has 1 fully saturated rings. The second-order valence-corrected chi connectivity index (χ2v) is 6.67. The third-order valence-corrected chi connectivity index (χ3v) is 4.81. The second kappa shape index (κ2) is 10.5. The Balaban J connectivity index is 1.73. The Morgan fingerprint density at radius 3 is 2.04 bits per heavy atom. The first-order chi connectivity index (χ1) is 13.4. The molecule has 8 heteroatoms. The van der Waals surface area contributed by atoms with Gasteiger partial charge in [-0.3, -0.25) is 14.4 Å². The Kier molecular flexibility index (Phi) is 8.10. The molecule has 1 saturated heterocycles. The van der Waals surface area contributed by atoms with Crippen molar-refractivity contribution in [1.82, 2.24) is 14.7 Å². The molecule has 1 aromatic carbocycles. The quantitative estimate of drug-likeness (QED) is 0.661. The topological polar surface area (TPSA) is 79.4 Å².